The Hall–Kier alpha value is -1.52. The first-order valence-corrected chi connectivity index (χ1v) is 6.12. The van der Waals surface area contributed by atoms with Gasteiger partial charge in [0.25, 0.3) is 5.91 Å². The molecule has 1 amide bonds. The molecule has 5 nitrogen and oxygen atoms in total. The predicted octanol–water partition coefficient (Wildman–Crippen LogP) is 1.41. The van der Waals surface area contributed by atoms with Gasteiger partial charge in [0, 0.05) is 19.1 Å². The molecule has 0 aliphatic carbocycles. The Bertz CT molecular complexity index is 416. The summed E-state index contributed by atoms with van der Waals surface area (Å²) in [4.78, 5) is 14.4. The number of nitrogens with zero attached hydrogens (tertiary/aromatic N) is 3. The van der Waals surface area contributed by atoms with Crippen LogP contribution in [0.1, 0.15) is 43.5 Å². The third-order valence-electron chi connectivity index (χ3n) is 3.64. The number of nitrogens with two attached hydrogens (primary N) is 1. The van der Waals surface area contributed by atoms with Gasteiger partial charge < -0.3 is 10.6 Å². The van der Waals surface area contributed by atoms with Gasteiger partial charge in [-0.25, -0.2) is 0 Å². The van der Waals surface area contributed by atoms with E-state index in [-0.39, 0.29) is 18.0 Å². The molecule has 0 saturated carbocycles. The number of piperidine rings is 1. The second-order valence-electron chi connectivity index (χ2n) is 4.91. The van der Waals surface area contributed by atoms with Crippen molar-refractivity contribution in [1.82, 2.24) is 14.7 Å². The molecule has 1 saturated heterocycles. The van der Waals surface area contributed by atoms with Crippen molar-refractivity contribution in [2.75, 3.05) is 5.73 Å². The van der Waals surface area contributed by atoms with Crippen LogP contribution in [0.2, 0.25) is 0 Å². The van der Waals surface area contributed by atoms with E-state index in [1.807, 2.05) is 4.90 Å². The van der Waals surface area contributed by atoms with E-state index in [0.717, 1.165) is 12.8 Å². The van der Waals surface area contributed by atoms with Crippen LogP contribution in [0.3, 0.4) is 0 Å². The number of hydrogen-bond donors (Lipinski definition) is 1. The molecule has 1 aromatic heterocycles. The minimum atomic E-state index is 0.00954. The lowest BCUT2D eigenvalue weighted by atomic mass is 9.97. The predicted molar refractivity (Wildman–Crippen MR) is 66.6 cm³/mol. The summed E-state index contributed by atoms with van der Waals surface area (Å²) in [5.41, 5.74) is 6.38. The van der Waals surface area contributed by atoms with Crippen molar-refractivity contribution in [3.63, 3.8) is 0 Å². The van der Waals surface area contributed by atoms with Crippen molar-refractivity contribution < 1.29 is 4.79 Å². The lowest BCUT2D eigenvalue weighted by molar-refractivity contribution is 0.0512. The smallest absolute Gasteiger partial charge is 0.259 e. The Morgan fingerprint density at radius 3 is 2.47 bits per heavy atom. The molecular formula is C12H20N4O. The molecule has 1 aliphatic rings. The largest absolute Gasteiger partial charge is 0.383 e. The molecule has 0 aromatic carbocycles. The van der Waals surface area contributed by atoms with Crippen LogP contribution in [0.25, 0.3) is 0 Å². The van der Waals surface area contributed by atoms with Gasteiger partial charge in [-0.15, -0.1) is 0 Å². The van der Waals surface area contributed by atoms with Crippen LogP contribution in [0, 0.1) is 0 Å². The highest BCUT2D eigenvalue weighted by atomic mass is 16.2. The molecule has 2 atom stereocenters. The summed E-state index contributed by atoms with van der Waals surface area (Å²) in [6.07, 6.45) is 4.88. The van der Waals surface area contributed by atoms with Crippen LogP contribution in [-0.2, 0) is 7.05 Å². The summed E-state index contributed by atoms with van der Waals surface area (Å²) in [7, 11) is 1.75. The average molecular weight is 236 g/mol. The van der Waals surface area contributed by atoms with E-state index in [4.69, 9.17) is 5.73 Å². The number of rotatable bonds is 1. The number of hydrogen-bond acceptors (Lipinski definition) is 3. The lowest BCUT2D eigenvalue weighted by Gasteiger charge is -2.38. The van der Waals surface area contributed by atoms with Crippen LogP contribution in [0.5, 0.6) is 0 Å². The highest BCUT2D eigenvalue weighted by Gasteiger charge is 2.31. The molecule has 17 heavy (non-hydrogen) atoms. The summed E-state index contributed by atoms with van der Waals surface area (Å²) < 4.78 is 1.53. The summed E-state index contributed by atoms with van der Waals surface area (Å²) in [6, 6.07) is 0.566. The third kappa shape index (κ3) is 2.01. The zero-order chi connectivity index (χ0) is 12.6. The number of nitrogen functional groups attached to an aromatic ring is 1. The van der Waals surface area contributed by atoms with Crippen LogP contribution in [0.4, 0.5) is 5.82 Å². The number of amides is 1. The highest BCUT2D eigenvalue weighted by Crippen LogP contribution is 2.25. The van der Waals surface area contributed by atoms with Crippen molar-refractivity contribution in [3.05, 3.63) is 11.8 Å². The number of aryl methyl sites for hydroxylation is 1. The molecule has 2 rings (SSSR count). The second kappa shape index (κ2) is 4.39. The minimum Gasteiger partial charge on any atom is -0.383 e. The molecule has 2 N–H and O–H groups in total. The fourth-order valence-electron chi connectivity index (χ4n) is 2.57. The first-order valence-electron chi connectivity index (χ1n) is 6.12. The fourth-order valence-corrected chi connectivity index (χ4v) is 2.57. The Morgan fingerprint density at radius 1 is 1.41 bits per heavy atom. The minimum absolute atomic E-state index is 0.00954. The van der Waals surface area contributed by atoms with Crippen molar-refractivity contribution in [2.24, 2.45) is 7.05 Å². The third-order valence-corrected chi connectivity index (χ3v) is 3.64. The molecule has 2 heterocycles. The number of likely N-dealkylation sites (tertiary alicyclic amines) is 1. The van der Waals surface area contributed by atoms with Gasteiger partial charge in [-0.05, 0) is 33.1 Å². The maximum absolute atomic E-state index is 12.4. The maximum Gasteiger partial charge on any atom is 0.259 e. The number of aromatic nitrogens is 2. The summed E-state index contributed by atoms with van der Waals surface area (Å²) >= 11 is 0. The molecule has 1 fully saturated rings. The molecule has 5 heteroatoms. The lowest BCUT2D eigenvalue weighted by Crippen LogP contribution is -2.47. The van der Waals surface area contributed by atoms with E-state index in [0.29, 0.717) is 11.4 Å². The van der Waals surface area contributed by atoms with Crippen LogP contribution in [0.15, 0.2) is 6.20 Å². The molecule has 94 valence electrons. The molecule has 1 aromatic rings. The zero-order valence-electron chi connectivity index (χ0n) is 10.7. The maximum atomic E-state index is 12.4. The average Bonchev–Trinajstić information content (AvgIpc) is 2.59. The molecule has 0 spiro atoms. The Labute approximate surface area is 102 Å². The molecular weight excluding hydrogens is 216 g/mol. The zero-order valence-corrected chi connectivity index (χ0v) is 10.7. The molecule has 0 radical (unpaired) electrons. The van der Waals surface area contributed by atoms with Gasteiger partial charge in [-0.1, -0.05) is 0 Å². The summed E-state index contributed by atoms with van der Waals surface area (Å²) in [5, 5.41) is 4.03. The van der Waals surface area contributed by atoms with E-state index in [2.05, 4.69) is 18.9 Å². The molecule has 2 unspecified atom stereocenters. The second-order valence-corrected chi connectivity index (χ2v) is 4.91. The number of carbonyl (C=O) groups excluding carboxylic acids is 1. The van der Waals surface area contributed by atoms with Crippen LogP contribution < -0.4 is 5.73 Å². The first kappa shape index (κ1) is 12.0. The fraction of sp³-hybridized carbons (Fsp3) is 0.667. The van der Waals surface area contributed by atoms with Crippen molar-refractivity contribution in [2.45, 2.75) is 45.2 Å². The van der Waals surface area contributed by atoms with Gasteiger partial charge in [0.2, 0.25) is 0 Å². The SMILES string of the molecule is CC1CCCC(C)N1C(=O)c1cnn(C)c1N. The Balaban J connectivity index is 2.27. The van der Waals surface area contributed by atoms with Gasteiger partial charge in [0.1, 0.15) is 11.4 Å². The highest BCUT2D eigenvalue weighted by molar-refractivity contribution is 5.98. The van der Waals surface area contributed by atoms with Gasteiger partial charge in [0.05, 0.1) is 6.20 Å². The van der Waals surface area contributed by atoms with Gasteiger partial charge in [-0.2, -0.15) is 5.10 Å². The topological polar surface area (TPSA) is 64.2 Å². The molecule has 1 aliphatic heterocycles. The monoisotopic (exact) mass is 236 g/mol. The van der Waals surface area contributed by atoms with Crippen molar-refractivity contribution >= 4 is 11.7 Å². The van der Waals surface area contributed by atoms with Crippen molar-refractivity contribution in [3.8, 4) is 0 Å². The van der Waals surface area contributed by atoms with Gasteiger partial charge in [-0.3, -0.25) is 9.48 Å². The Morgan fingerprint density at radius 2 is 2.00 bits per heavy atom. The van der Waals surface area contributed by atoms with Crippen LogP contribution >= 0.6 is 0 Å². The van der Waals surface area contributed by atoms with Crippen LogP contribution in [-0.4, -0.2) is 32.7 Å². The molecule has 0 bridgehead atoms. The van der Waals surface area contributed by atoms with Gasteiger partial charge in [0.15, 0.2) is 0 Å². The van der Waals surface area contributed by atoms with E-state index in [1.165, 1.54) is 11.1 Å². The summed E-state index contributed by atoms with van der Waals surface area (Å²) in [6.45, 7) is 4.19. The quantitative estimate of drug-likeness (QED) is 0.801. The van der Waals surface area contributed by atoms with E-state index in [9.17, 15) is 4.79 Å². The van der Waals surface area contributed by atoms with E-state index < -0.39 is 0 Å². The van der Waals surface area contributed by atoms with E-state index in [1.54, 1.807) is 13.2 Å². The van der Waals surface area contributed by atoms with Gasteiger partial charge >= 0.3 is 0 Å². The standard InChI is InChI=1S/C12H20N4O/c1-8-5-4-6-9(2)16(8)12(17)10-7-14-15(3)11(10)13/h7-9H,4-6,13H2,1-3H3. The van der Waals surface area contributed by atoms with Crippen molar-refractivity contribution in [1.29, 1.82) is 0 Å². The number of carbonyl (C=O) groups is 1. The normalized spacial score (nSPS) is 25.0. The first-order chi connectivity index (χ1) is 8.02. The number of anilines is 1. The Kier molecular flexibility index (Phi) is 3.09. The summed E-state index contributed by atoms with van der Waals surface area (Å²) in [5.74, 6) is 0.454. The van der Waals surface area contributed by atoms with E-state index >= 15 is 0 Å².